The van der Waals surface area contributed by atoms with E-state index in [1.807, 2.05) is 23.1 Å². The molecule has 2 aliphatic rings. The maximum Gasteiger partial charge on any atom is 0.416 e. The number of Topliss-reactive ketones (excluding diaryl/α,β-unsaturated/α-hetero) is 1. The smallest absolute Gasteiger partial charge is 0.369 e. The van der Waals surface area contributed by atoms with Gasteiger partial charge in [-0.25, -0.2) is 0 Å². The van der Waals surface area contributed by atoms with Gasteiger partial charge in [0.15, 0.2) is 5.78 Å². The number of nitrogens with two attached hydrogens (primary N) is 1. The summed E-state index contributed by atoms with van der Waals surface area (Å²) in [6.07, 6.45) is -5.33. The monoisotopic (exact) mass is 695 g/mol. The predicted octanol–water partition coefficient (Wildman–Crippen LogP) is 5.80. The normalized spacial score (nSPS) is 20.2. The average Bonchev–Trinajstić information content (AvgIpc) is 3.38. The van der Waals surface area contributed by atoms with Gasteiger partial charge in [0.05, 0.1) is 17.7 Å². The van der Waals surface area contributed by atoms with Crippen molar-refractivity contribution in [2.45, 2.75) is 43.6 Å². The van der Waals surface area contributed by atoms with E-state index in [9.17, 15) is 35.9 Å². The molecule has 1 atom stereocenters. The number of nitrogens with zero attached hydrogens (tertiary/aromatic N) is 3. The molecule has 2 saturated heterocycles. The van der Waals surface area contributed by atoms with Crippen LogP contribution in [0.2, 0.25) is 0 Å². The van der Waals surface area contributed by atoms with Gasteiger partial charge in [-0.05, 0) is 55.8 Å². The maximum absolute atomic E-state index is 14.6. The van der Waals surface area contributed by atoms with Crippen LogP contribution in [-0.4, -0.2) is 89.3 Å². The van der Waals surface area contributed by atoms with E-state index in [4.69, 9.17) is 5.73 Å². The number of aromatic nitrogens is 1. The number of amides is 1. The number of hydrogen-bond donors (Lipinski definition) is 2. The van der Waals surface area contributed by atoms with E-state index in [-0.39, 0.29) is 56.9 Å². The molecular formula is C31H37Cl2F6N5O2. The molecule has 254 valence electrons. The topological polar surface area (TPSA) is 85.7 Å². The Morgan fingerprint density at radius 1 is 0.826 bits per heavy atom. The number of piperidine rings is 1. The first-order valence-electron chi connectivity index (χ1n) is 14.6. The summed E-state index contributed by atoms with van der Waals surface area (Å²) in [6.45, 7) is 3.33. The van der Waals surface area contributed by atoms with Gasteiger partial charge in [-0.1, -0.05) is 24.6 Å². The van der Waals surface area contributed by atoms with Crippen molar-refractivity contribution in [2.75, 3.05) is 52.4 Å². The van der Waals surface area contributed by atoms with Gasteiger partial charge < -0.3 is 15.6 Å². The third-order valence-electron chi connectivity index (χ3n) is 8.73. The van der Waals surface area contributed by atoms with Crippen molar-refractivity contribution in [3.8, 4) is 0 Å². The van der Waals surface area contributed by atoms with Gasteiger partial charge in [0.25, 0.3) is 0 Å². The van der Waals surface area contributed by atoms with E-state index >= 15 is 0 Å². The molecule has 7 nitrogen and oxygen atoms in total. The Bertz CT molecular complexity index is 1480. The molecule has 46 heavy (non-hydrogen) atoms. The quantitative estimate of drug-likeness (QED) is 0.218. The molecule has 0 radical (unpaired) electrons. The Morgan fingerprint density at radius 2 is 1.43 bits per heavy atom. The number of rotatable bonds is 9. The van der Waals surface area contributed by atoms with E-state index in [0.717, 1.165) is 43.3 Å². The number of fused-ring (bicyclic) bond motifs is 1. The maximum atomic E-state index is 14.6. The predicted molar refractivity (Wildman–Crippen MR) is 168 cm³/mol. The highest BCUT2D eigenvalue weighted by Crippen LogP contribution is 2.39. The second-order valence-electron chi connectivity index (χ2n) is 11.8. The molecule has 0 bridgehead atoms. The first-order chi connectivity index (χ1) is 20.8. The highest BCUT2D eigenvalue weighted by molar-refractivity contribution is 6.05. The fourth-order valence-corrected chi connectivity index (χ4v) is 6.51. The molecule has 0 aliphatic carbocycles. The summed E-state index contributed by atoms with van der Waals surface area (Å²) in [5.41, 5.74) is 1.43. The number of piperazine rings is 1. The van der Waals surface area contributed by atoms with Gasteiger partial charge in [0.2, 0.25) is 5.91 Å². The van der Waals surface area contributed by atoms with E-state index in [2.05, 4.69) is 9.88 Å². The van der Waals surface area contributed by atoms with Gasteiger partial charge in [-0.3, -0.25) is 19.4 Å². The number of para-hydroxylation sites is 1. The van der Waals surface area contributed by atoms with Crippen LogP contribution in [0.3, 0.4) is 0 Å². The number of primary amides is 1. The molecule has 3 N–H and O–H groups in total. The summed E-state index contributed by atoms with van der Waals surface area (Å²) in [5.74, 6) is -1.69. The lowest BCUT2D eigenvalue weighted by Gasteiger charge is -2.50. The summed E-state index contributed by atoms with van der Waals surface area (Å²) in [6, 6.07) is 8.21. The minimum absolute atomic E-state index is 0. The molecular weight excluding hydrogens is 659 g/mol. The standard InChI is InChI=1S/C31H35F6N5O2.2ClH/c32-30(33,34)23-14-21(15-24(16-23)31(35,36)37)28(44)29(17-22-18-39-26-7-3-2-6-25(22)26)20-41(12-13-42(29)19-27(38)43)11-10-40-8-4-1-5-9-40;;/h2-3,6-7,14-16,18,39H,1,4-5,8-13,17,19-20H2,(H2,38,43);2*1H. The van der Waals surface area contributed by atoms with Gasteiger partial charge in [0.1, 0.15) is 5.54 Å². The fraction of sp³-hybridized carbons (Fsp3) is 0.484. The molecule has 15 heteroatoms. The molecule has 2 aromatic carbocycles. The zero-order chi connectivity index (χ0) is 31.7. The fourth-order valence-electron chi connectivity index (χ4n) is 6.51. The summed E-state index contributed by atoms with van der Waals surface area (Å²) in [4.78, 5) is 35.9. The molecule has 0 spiro atoms. The SMILES string of the molecule is Cl.Cl.NC(=O)CN1CCN(CCN2CCCCC2)CC1(Cc1c[nH]c2ccccc12)C(=O)c1cc(C(F)(F)F)cc(C(F)(F)F)c1. The molecule has 1 amide bonds. The Balaban J connectivity index is 0.00000288. The van der Waals surface area contributed by atoms with Crippen molar-refractivity contribution in [1.82, 2.24) is 19.7 Å². The van der Waals surface area contributed by atoms with Crippen molar-refractivity contribution in [1.29, 1.82) is 0 Å². The minimum Gasteiger partial charge on any atom is -0.369 e. The van der Waals surface area contributed by atoms with E-state index in [1.165, 1.54) is 4.90 Å². The molecule has 2 fully saturated rings. The first kappa shape index (κ1) is 37.6. The van der Waals surface area contributed by atoms with Gasteiger partial charge in [-0.2, -0.15) is 26.3 Å². The van der Waals surface area contributed by atoms with Crippen LogP contribution < -0.4 is 5.73 Å². The molecule has 3 aromatic rings. The van der Waals surface area contributed by atoms with Crippen LogP contribution in [0.1, 0.15) is 46.3 Å². The van der Waals surface area contributed by atoms with Crippen LogP contribution in [0.15, 0.2) is 48.7 Å². The van der Waals surface area contributed by atoms with Crippen LogP contribution in [0.5, 0.6) is 0 Å². The minimum atomic E-state index is -5.12. The molecule has 1 aromatic heterocycles. The highest BCUT2D eigenvalue weighted by Gasteiger charge is 2.50. The summed E-state index contributed by atoms with van der Waals surface area (Å²) in [7, 11) is 0. The highest BCUT2D eigenvalue weighted by atomic mass is 35.5. The van der Waals surface area contributed by atoms with Crippen LogP contribution in [-0.2, 0) is 23.6 Å². The van der Waals surface area contributed by atoms with Crippen LogP contribution >= 0.6 is 24.8 Å². The third kappa shape index (κ3) is 8.35. The van der Waals surface area contributed by atoms with Crippen molar-refractivity contribution in [3.63, 3.8) is 0 Å². The van der Waals surface area contributed by atoms with E-state index in [0.29, 0.717) is 37.3 Å². The summed E-state index contributed by atoms with van der Waals surface area (Å²) < 4.78 is 83.0. The number of aromatic amines is 1. The molecule has 3 heterocycles. The Morgan fingerprint density at radius 3 is 2.04 bits per heavy atom. The number of alkyl halides is 6. The summed E-state index contributed by atoms with van der Waals surface area (Å²) in [5, 5.41) is 0.754. The lowest BCUT2D eigenvalue weighted by molar-refractivity contribution is -0.143. The second-order valence-corrected chi connectivity index (χ2v) is 11.8. The Kier molecular flexibility index (Phi) is 12.2. The molecule has 1 unspecified atom stereocenters. The Hall–Kier alpha value is -2.84. The summed E-state index contributed by atoms with van der Waals surface area (Å²) >= 11 is 0. The number of benzene rings is 2. The van der Waals surface area contributed by atoms with Crippen LogP contribution in [0, 0.1) is 0 Å². The lowest BCUT2D eigenvalue weighted by atomic mass is 9.79. The van der Waals surface area contributed by atoms with Gasteiger partial charge >= 0.3 is 12.4 Å². The van der Waals surface area contributed by atoms with Crippen molar-refractivity contribution in [3.05, 3.63) is 70.9 Å². The average molecular weight is 697 g/mol. The third-order valence-corrected chi connectivity index (χ3v) is 8.73. The zero-order valence-electron chi connectivity index (χ0n) is 24.9. The number of hydrogen-bond acceptors (Lipinski definition) is 5. The molecule has 2 aliphatic heterocycles. The molecule has 0 saturated carbocycles. The first-order valence-corrected chi connectivity index (χ1v) is 14.6. The van der Waals surface area contributed by atoms with Crippen molar-refractivity contribution in [2.24, 2.45) is 5.73 Å². The van der Waals surface area contributed by atoms with Crippen molar-refractivity contribution < 1.29 is 35.9 Å². The van der Waals surface area contributed by atoms with Gasteiger partial charge in [0, 0.05) is 61.8 Å². The number of carbonyl (C=O) groups excluding carboxylic acids is 2. The number of nitrogens with one attached hydrogen (secondary N) is 1. The zero-order valence-corrected chi connectivity index (χ0v) is 26.6. The van der Waals surface area contributed by atoms with E-state index in [1.54, 1.807) is 12.3 Å². The Labute approximate surface area is 275 Å². The second kappa shape index (κ2) is 14.9. The van der Waals surface area contributed by atoms with Crippen LogP contribution in [0.25, 0.3) is 10.9 Å². The van der Waals surface area contributed by atoms with Gasteiger partial charge in [-0.15, -0.1) is 24.8 Å². The largest absolute Gasteiger partial charge is 0.416 e. The number of carbonyl (C=O) groups is 2. The van der Waals surface area contributed by atoms with Crippen molar-refractivity contribution >= 4 is 47.4 Å². The number of H-pyrrole nitrogens is 1. The molecule has 5 rings (SSSR count). The number of halogens is 8. The number of ketones is 1. The lowest BCUT2D eigenvalue weighted by Crippen LogP contribution is -2.68. The van der Waals surface area contributed by atoms with E-state index < -0.39 is 46.3 Å². The van der Waals surface area contributed by atoms with Crippen LogP contribution in [0.4, 0.5) is 26.3 Å². The number of likely N-dealkylation sites (tertiary alicyclic amines) is 1.